The van der Waals surface area contributed by atoms with Crippen LogP contribution in [0.25, 0.3) is 42.4 Å². The molecule has 2 heterocycles. The van der Waals surface area contributed by atoms with Gasteiger partial charge >= 0.3 is 0 Å². The summed E-state index contributed by atoms with van der Waals surface area (Å²) in [4.78, 5) is 9.82. The zero-order chi connectivity index (χ0) is 45.6. The second kappa shape index (κ2) is 17.3. The van der Waals surface area contributed by atoms with E-state index in [4.69, 9.17) is 9.47 Å². The molecule has 0 radical (unpaired) electrons. The van der Waals surface area contributed by atoms with Crippen molar-refractivity contribution in [3.05, 3.63) is 243 Å². The summed E-state index contributed by atoms with van der Waals surface area (Å²) in [6.45, 7) is 0. The summed E-state index contributed by atoms with van der Waals surface area (Å²) >= 11 is 1.85. The average molecular weight is 915 g/mol. The first-order valence-corrected chi connectivity index (χ1v) is 25.2. The van der Waals surface area contributed by atoms with Gasteiger partial charge in [0.1, 0.15) is 11.5 Å². The molecule has 1 aliphatic heterocycles. The minimum absolute atomic E-state index is 0.827. The fourth-order valence-electron chi connectivity index (χ4n) is 9.93. The number of rotatable bonds is 11. The smallest absolute Gasteiger partial charge is 0.118 e. The van der Waals surface area contributed by atoms with Crippen LogP contribution in [0.3, 0.4) is 0 Å². The number of hydrogen-bond acceptors (Lipinski definition) is 5. The van der Waals surface area contributed by atoms with Crippen molar-refractivity contribution in [2.24, 2.45) is 0 Å². The second-order valence-corrected chi connectivity index (χ2v) is 21.0. The van der Waals surface area contributed by atoms with Crippen LogP contribution in [0.15, 0.2) is 262 Å². The van der Waals surface area contributed by atoms with Crippen molar-refractivity contribution in [3.8, 4) is 33.8 Å². The van der Waals surface area contributed by atoms with Crippen LogP contribution >= 0.6 is 21.4 Å². The zero-order valence-corrected chi connectivity index (χ0v) is 39.3. The van der Waals surface area contributed by atoms with Crippen molar-refractivity contribution in [3.63, 3.8) is 0 Å². The lowest BCUT2D eigenvalue weighted by atomic mass is 10.0. The van der Waals surface area contributed by atoms with Gasteiger partial charge in [-0.3, -0.25) is 0 Å². The van der Waals surface area contributed by atoms with E-state index in [9.17, 15) is 0 Å². The van der Waals surface area contributed by atoms with E-state index in [-0.39, 0.29) is 0 Å². The van der Waals surface area contributed by atoms with Crippen molar-refractivity contribution >= 4 is 75.7 Å². The monoisotopic (exact) mass is 914 g/mol. The van der Waals surface area contributed by atoms with Crippen LogP contribution in [0.4, 0.5) is 34.1 Å². The highest BCUT2D eigenvalue weighted by molar-refractivity contribution is 8.34. The van der Waals surface area contributed by atoms with Gasteiger partial charge in [0, 0.05) is 73.9 Å². The summed E-state index contributed by atoms with van der Waals surface area (Å²) in [6.07, 6.45) is 0. The number of thiophene rings is 1. The maximum absolute atomic E-state index is 5.75. The van der Waals surface area contributed by atoms with Crippen LogP contribution in [-0.2, 0) is 0 Å². The molecule has 12 rings (SSSR count). The van der Waals surface area contributed by atoms with Crippen LogP contribution < -0.4 is 19.3 Å². The highest BCUT2D eigenvalue weighted by atomic mass is 32.3. The van der Waals surface area contributed by atoms with E-state index in [1.807, 2.05) is 11.3 Å². The van der Waals surface area contributed by atoms with Gasteiger partial charge in [-0.2, -0.15) is 0 Å². The van der Waals surface area contributed by atoms with Gasteiger partial charge in [0.2, 0.25) is 0 Å². The van der Waals surface area contributed by atoms with Crippen LogP contribution in [0.1, 0.15) is 0 Å². The zero-order valence-electron chi connectivity index (χ0n) is 37.6. The summed E-state index contributed by atoms with van der Waals surface area (Å²) in [5.41, 5.74) is 11.4. The van der Waals surface area contributed by atoms with Gasteiger partial charge in [-0.05, 0) is 174 Å². The van der Waals surface area contributed by atoms with Gasteiger partial charge in [0.15, 0.2) is 0 Å². The molecule has 0 N–H and O–H groups in total. The van der Waals surface area contributed by atoms with E-state index >= 15 is 0 Å². The standard InChI is InChI=1S/C62H46N2O2S2/c1-65-51-27-31-53(32-28-51)68(54-33-29-52(66-2)30-34-54)61-37-25-49(63(45-17-9-4-10-18-45)46-19-11-5-12-20-46)41-57(61)58-42-50(26-38-62(58)68)64(47-21-13-6-14-22-47)48-24-36-60-56(40-48)55-39-44(23-35-59(55)67-60)43-15-7-3-8-16-43/h3-42H,1-2H3. The third-order valence-corrected chi connectivity index (χ3v) is 18.2. The number of para-hydroxylation sites is 3. The number of anilines is 6. The summed E-state index contributed by atoms with van der Waals surface area (Å²) in [6, 6.07) is 88.4. The van der Waals surface area contributed by atoms with E-state index in [1.54, 1.807) is 14.2 Å². The molecule has 4 nitrogen and oxygen atoms in total. The molecule has 0 atom stereocenters. The van der Waals surface area contributed by atoms with Gasteiger partial charge in [0.25, 0.3) is 0 Å². The van der Waals surface area contributed by atoms with Gasteiger partial charge in [0.05, 0.1) is 14.2 Å². The first-order chi connectivity index (χ1) is 33.6. The van der Waals surface area contributed by atoms with E-state index in [2.05, 4.69) is 252 Å². The number of nitrogens with zero attached hydrogens (tertiary/aromatic N) is 2. The highest BCUT2D eigenvalue weighted by Crippen LogP contribution is 2.80. The van der Waals surface area contributed by atoms with Crippen molar-refractivity contribution in [1.29, 1.82) is 0 Å². The first kappa shape index (κ1) is 41.4. The number of benzene rings is 10. The third-order valence-electron chi connectivity index (χ3n) is 13.1. The number of fused-ring (bicyclic) bond motifs is 6. The highest BCUT2D eigenvalue weighted by Gasteiger charge is 2.43. The van der Waals surface area contributed by atoms with Crippen LogP contribution in [0.5, 0.6) is 11.5 Å². The maximum Gasteiger partial charge on any atom is 0.118 e. The molecule has 0 amide bonds. The first-order valence-electron chi connectivity index (χ1n) is 22.8. The van der Waals surface area contributed by atoms with Crippen LogP contribution in [-0.4, -0.2) is 14.2 Å². The lowest BCUT2D eigenvalue weighted by Crippen LogP contribution is -2.10. The average Bonchev–Trinajstić information content (AvgIpc) is 3.92. The van der Waals surface area contributed by atoms with Crippen molar-refractivity contribution in [2.75, 3.05) is 24.0 Å². The van der Waals surface area contributed by atoms with Crippen molar-refractivity contribution in [2.45, 2.75) is 19.6 Å². The maximum atomic E-state index is 5.75. The molecule has 1 aromatic heterocycles. The van der Waals surface area contributed by atoms with E-state index in [0.717, 1.165) is 45.6 Å². The van der Waals surface area contributed by atoms with Gasteiger partial charge in [-0.15, -0.1) is 21.4 Å². The molecule has 6 heteroatoms. The Balaban J connectivity index is 1.10. The predicted octanol–water partition coefficient (Wildman–Crippen LogP) is 18.0. The normalized spacial score (nSPS) is 12.9. The molecule has 68 heavy (non-hydrogen) atoms. The second-order valence-electron chi connectivity index (χ2n) is 16.9. The lowest BCUT2D eigenvalue weighted by Gasteiger charge is -2.39. The molecule has 0 unspecified atom stereocenters. The lowest BCUT2D eigenvalue weighted by molar-refractivity contribution is 0.414. The van der Waals surface area contributed by atoms with Crippen molar-refractivity contribution in [1.82, 2.24) is 0 Å². The SMILES string of the molecule is COc1ccc(S2(c3ccc(OC)cc3)c3ccc(N(c4ccccc4)c4ccccc4)cc3-c3cc(N(c4ccccc4)c4ccc5sc6ccc(-c7ccccc7)cc6c5c4)ccc32)cc1. The molecule has 0 saturated heterocycles. The van der Waals surface area contributed by atoms with E-state index in [0.29, 0.717) is 0 Å². The summed E-state index contributed by atoms with van der Waals surface area (Å²) in [7, 11) is 1.41. The fraction of sp³-hybridized carbons (Fsp3) is 0.0323. The molecule has 0 aliphatic carbocycles. The van der Waals surface area contributed by atoms with E-state index < -0.39 is 10.0 Å². The molecule has 0 saturated carbocycles. The molecule has 0 bridgehead atoms. The minimum Gasteiger partial charge on any atom is -0.497 e. The Morgan fingerprint density at radius 3 is 1.21 bits per heavy atom. The molecule has 10 aromatic carbocycles. The summed E-state index contributed by atoms with van der Waals surface area (Å²) in [5, 5.41) is 2.52. The molecule has 0 spiro atoms. The number of hydrogen-bond donors (Lipinski definition) is 0. The molecule has 1 aliphatic rings. The Labute approximate surface area is 402 Å². The quantitative estimate of drug-likeness (QED) is 0.129. The molecule has 328 valence electrons. The Hall–Kier alpha value is -8.03. The van der Waals surface area contributed by atoms with Gasteiger partial charge in [-0.25, -0.2) is 0 Å². The topological polar surface area (TPSA) is 24.9 Å². The van der Waals surface area contributed by atoms with E-state index in [1.165, 1.54) is 62.0 Å². The molecular formula is C62H46N2O2S2. The van der Waals surface area contributed by atoms with Crippen molar-refractivity contribution < 1.29 is 9.47 Å². The Kier molecular flexibility index (Phi) is 10.5. The summed E-state index contributed by atoms with van der Waals surface area (Å²) in [5.74, 6) is 1.65. The molecular weight excluding hydrogens is 869 g/mol. The Morgan fingerprint density at radius 1 is 0.338 bits per heavy atom. The van der Waals surface area contributed by atoms with Crippen LogP contribution in [0, 0.1) is 0 Å². The van der Waals surface area contributed by atoms with Gasteiger partial charge in [-0.1, -0.05) is 91.0 Å². The minimum atomic E-state index is -2.05. The van der Waals surface area contributed by atoms with Crippen LogP contribution in [0.2, 0.25) is 0 Å². The Morgan fingerprint density at radius 2 is 0.735 bits per heavy atom. The number of ether oxygens (including phenoxy) is 2. The molecule has 0 fully saturated rings. The largest absolute Gasteiger partial charge is 0.497 e. The van der Waals surface area contributed by atoms with Gasteiger partial charge < -0.3 is 19.3 Å². The number of methoxy groups -OCH3 is 2. The third kappa shape index (κ3) is 7.00. The predicted molar refractivity (Wildman–Crippen MR) is 286 cm³/mol. The fourth-order valence-corrected chi connectivity index (χ4v) is 15.2. The summed E-state index contributed by atoms with van der Waals surface area (Å²) < 4.78 is 14.0. The molecule has 11 aromatic rings. The Bertz CT molecular complexity index is 3490.